The Morgan fingerprint density at radius 2 is 2.07 bits per heavy atom. The molecule has 1 aliphatic heterocycles. The number of ether oxygens (including phenoxy) is 1. The topological polar surface area (TPSA) is 41.6 Å². The average molecular weight is 409 g/mol. The highest BCUT2D eigenvalue weighted by molar-refractivity contribution is 7.15. The van der Waals surface area contributed by atoms with Crippen LogP contribution in [0.3, 0.4) is 0 Å². The van der Waals surface area contributed by atoms with Crippen molar-refractivity contribution in [3.8, 4) is 10.4 Å². The normalized spacial score (nSPS) is 16.8. The molecule has 6 heteroatoms. The van der Waals surface area contributed by atoms with Crippen LogP contribution in [0.4, 0.5) is 0 Å². The zero-order valence-electron chi connectivity index (χ0n) is 16.2. The van der Waals surface area contributed by atoms with Crippen LogP contribution in [0, 0.1) is 6.92 Å². The molecule has 0 spiro atoms. The fraction of sp³-hybridized carbons (Fsp3) is 0.476. The number of rotatable bonds is 6. The molecule has 0 bridgehead atoms. The van der Waals surface area contributed by atoms with E-state index in [4.69, 9.17) is 4.74 Å². The Bertz CT molecular complexity index is 741. The van der Waals surface area contributed by atoms with Gasteiger partial charge in [-0.2, -0.15) is 0 Å². The third-order valence-electron chi connectivity index (χ3n) is 4.76. The van der Waals surface area contributed by atoms with E-state index in [0.29, 0.717) is 19.6 Å². The molecular formula is C21H29ClN2O2S. The van der Waals surface area contributed by atoms with E-state index in [9.17, 15) is 4.79 Å². The molecule has 1 amide bonds. The van der Waals surface area contributed by atoms with Crippen molar-refractivity contribution in [2.24, 2.45) is 0 Å². The van der Waals surface area contributed by atoms with Crippen molar-refractivity contribution in [1.82, 2.24) is 10.2 Å². The summed E-state index contributed by atoms with van der Waals surface area (Å²) in [6.07, 6.45) is 0.494. The van der Waals surface area contributed by atoms with Crippen molar-refractivity contribution in [2.45, 2.75) is 45.8 Å². The van der Waals surface area contributed by atoms with E-state index in [1.807, 2.05) is 4.90 Å². The minimum atomic E-state index is 0. The number of nitrogens with zero attached hydrogens (tertiary/aromatic N) is 1. The van der Waals surface area contributed by atoms with E-state index in [0.717, 1.165) is 13.2 Å². The first-order valence-corrected chi connectivity index (χ1v) is 10.1. The number of benzene rings is 1. The van der Waals surface area contributed by atoms with Crippen molar-refractivity contribution in [3.05, 3.63) is 46.8 Å². The number of carbonyl (C=O) groups excluding carboxylic acids is 1. The van der Waals surface area contributed by atoms with Gasteiger partial charge in [0, 0.05) is 34.8 Å². The van der Waals surface area contributed by atoms with E-state index in [2.05, 4.69) is 62.5 Å². The minimum Gasteiger partial charge on any atom is -0.378 e. The number of nitrogens with one attached hydrogen (secondary N) is 1. The lowest BCUT2D eigenvalue weighted by molar-refractivity contribution is -0.134. The number of carbonyl (C=O) groups is 1. The zero-order valence-corrected chi connectivity index (χ0v) is 17.9. The summed E-state index contributed by atoms with van der Waals surface area (Å²) in [5.74, 6) is 0.189. The highest BCUT2D eigenvalue weighted by Crippen LogP contribution is 2.31. The Kier molecular flexibility index (Phi) is 8.29. The van der Waals surface area contributed by atoms with Crippen LogP contribution in [0.1, 0.15) is 30.7 Å². The van der Waals surface area contributed by atoms with Gasteiger partial charge in [0.25, 0.3) is 0 Å². The minimum absolute atomic E-state index is 0. The van der Waals surface area contributed by atoms with Gasteiger partial charge in [-0.25, -0.2) is 0 Å². The fourth-order valence-electron chi connectivity index (χ4n) is 3.26. The second-order valence-electron chi connectivity index (χ2n) is 7.13. The van der Waals surface area contributed by atoms with Crippen LogP contribution >= 0.6 is 23.7 Å². The SMILES string of the molecule is Cc1ccccc1-c1ccc(CN(C(=O)CC2COCCN2)C(C)C)s1.Cl. The Morgan fingerprint density at radius 1 is 1.30 bits per heavy atom. The summed E-state index contributed by atoms with van der Waals surface area (Å²) in [6.45, 7) is 9.14. The molecule has 148 valence electrons. The van der Waals surface area contributed by atoms with Gasteiger partial charge in [-0.3, -0.25) is 4.79 Å². The first kappa shape index (κ1) is 21.9. The number of morpholine rings is 1. The van der Waals surface area contributed by atoms with E-state index in [-0.39, 0.29) is 30.4 Å². The Hall–Kier alpha value is -1.40. The summed E-state index contributed by atoms with van der Waals surface area (Å²) in [6, 6.07) is 13.1. The van der Waals surface area contributed by atoms with Gasteiger partial charge in [0.15, 0.2) is 0 Å². The van der Waals surface area contributed by atoms with Crippen LogP contribution in [0.2, 0.25) is 0 Å². The smallest absolute Gasteiger partial charge is 0.224 e. The van der Waals surface area contributed by atoms with E-state index >= 15 is 0 Å². The summed E-state index contributed by atoms with van der Waals surface area (Å²) < 4.78 is 5.47. The van der Waals surface area contributed by atoms with Crippen LogP contribution in [0.25, 0.3) is 10.4 Å². The van der Waals surface area contributed by atoms with Gasteiger partial charge in [-0.15, -0.1) is 23.7 Å². The lowest BCUT2D eigenvalue weighted by atomic mass is 10.1. The number of halogens is 1. The highest BCUT2D eigenvalue weighted by Gasteiger charge is 2.23. The Balaban J connectivity index is 0.00000261. The van der Waals surface area contributed by atoms with Crippen LogP contribution < -0.4 is 5.32 Å². The van der Waals surface area contributed by atoms with E-state index in [1.165, 1.54) is 20.9 Å². The van der Waals surface area contributed by atoms with Crippen LogP contribution in [-0.2, 0) is 16.1 Å². The van der Waals surface area contributed by atoms with Gasteiger partial charge in [0.05, 0.1) is 19.8 Å². The summed E-state index contributed by atoms with van der Waals surface area (Å²) in [5.41, 5.74) is 2.55. The maximum Gasteiger partial charge on any atom is 0.224 e. The summed E-state index contributed by atoms with van der Waals surface area (Å²) in [7, 11) is 0. The monoisotopic (exact) mass is 408 g/mol. The molecule has 1 unspecified atom stereocenters. The lowest BCUT2D eigenvalue weighted by Crippen LogP contribution is -2.46. The lowest BCUT2D eigenvalue weighted by Gasteiger charge is -2.30. The van der Waals surface area contributed by atoms with Gasteiger partial charge in [0.2, 0.25) is 5.91 Å². The van der Waals surface area contributed by atoms with Crippen molar-refractivity contribution < 1.29 is 9.53 Å². The van der Waals surface area contributed by atoms with Crippen LogP contribution in [0.5, 0.6) is 0 Å². The molecule has 0 radical (unpaired) electrons. The third-order valence-corrected chi connectivity index (χ3v) is 5.86. The van der Waals surface area contributed by atoms with Crippen molar-refractivity contribution in [3.63, 3.8) is 0 Å². The zero-order chi connectivity index (χ0) is 18.5. The molecule has 2 aromatic rings. The van der Waals surface area contributed by atoms with E-state index < -0.39 is 0 Å². The molecule has 0 saturated carbocycles. The predicted octanol–water partition coefficient (Wildman–Crippen LogP) is 4.26. The number of thiophene rings is 1. The molecule has 4 nitrogen and oxygen atoms in total. The van der Waals surface area contributed by atoms with Crippen molar-refractivity contribution in [2.75, 3.05) is 19.8 Å². The van der Waals surface area contributed by atoms with Crippen molar-refractivity contribution >= 4 is 29.7 Å². The molecular weight excluding hydrogens is 380 g/mol. The largest absolute Gasteiger partial charge is 0.378 e. The van der Waals surface area contributed by atoms with Gasteiger partial charge in [-0.05, 0) is 44.0 Å². The first-order valence-electron chi connectivity index (χ1n) is 9.30. The van der Waals surface area contributed by atoms with E-state index in [1.54, 1.807) is 11.3 Å². The maximum atomic E-state index is 12.8. The Morgan fingerprint density at radius 3 is 2.74 bits per heavy atom. The van der Waals surface area contributed by atoms with Gasteiger partial charge in [0.1, 0.15) is 0 Å². The molecule has 27 heavy (non-hydrogen) atoms. The molecule has 1 saturated heterocycles. The molecule has 1 aliphatic rings. The predicted molar refractivity (Wildman–Crippen MR) is 115 cm³/mol. The average Bonchev–Trinajstić information content (AvgIpc) is 3.09. The van der Waals surface area contributed by atoms with Crippen LogP contribution in [0.15, 0.2) is 36.4 Å². The van der Waals surface area contributed by atoms with Gasteiger partial charge < -0.3 is 15.0 Å². The molecule has 1 fully saturated rings. The van der Waals surface area contributed by atoms with Crippen LogP contribution in [-0.4, -0.2) is 42.6 Å². The molecule has 1 aromatic heterocycles. The number of hydrogen-bond acceptors (Lipinski definition) is 4. The number of aryl methyl sites for hydroxylation is 1. The quantitative estimate of drug-likeness (QED) is 0.776. The summed E-state index contributed by atoms with van der Waals surface area (Å²) in [4.78, 5) is 17.3. The van der Waals surface area contributed by atoms with Crippen molar-refractivity contribution in [1.29, 1.82) is 0 Å². The summed E-state index contributed by atoms with van der Waals surface area (Å²) >= 11 is 1.78. The molecule has 1 atom stereocenters. The Labute approximate surface area is 172 Å². The molecule has 1 N–H and O–H groups in total. The molecule has 3 rings (SSSR count). The molecule has 1 aromatic carbocycles. The van der Waals surface area contributed by atoms with Gasteiger partial charge >= 0.3 is 0 Å². The standard InChI is InChI=1S/C21H28N2O2S.ClH/c1-15(2)23(21(24)12-17-14-25-11-10-22-17)13-18-8-9-20(26-18)19-7-5-4-6-16(19)3;/h4-9,15,17,22H,10-14H2,1-3H3;1H. The summed E-state index contributed by atoms with van der Waals surface area (Å²) in [5, 5.41) is 3.37. The second kappa shape index (κ2) is 10.2. The fourth-order valence-corrected chi connectivity index (χ4v) is 4.36. The molecule has 0 aliphatic carbocycles. The highest BCUT2D eigenvalue weighted by atomic mass is 35.5. The number of amides is 1. The third kappa shape index (κ3) is 5.79. The van der Waals surface area contributed by atoms with Gasteiger partial charge in [-0.1, -0.05) is 24.3 Å². The second-order valence-corrected chi connectivity index (χ2v) is 8.29. The molecule has 2 heterocycles. The maximum absolute atomic E-state index is 12.8. The first-order chi connectivity index (χ1) is 12.5. The number of hydrogen-bond donors (Lipinski definition) is 1.